The van der Waals surface area contributed by atoms with Gasteiger partial charge >= 0.3 is 0 Å². The van der Waals surface area contributed by atoms with Crippen molar-refractivity contribution >= 4 is 11.8 Å². The van der Waals surface area contributed by atoms with Crippen LogP contribution in [-0.4, -0.2) is 9.85 Å². The van der Waals surface area contributed by atoms with Crippen molar-refractivity contribution in [3.05, 3.63) is 23.3 Å². The van der Waals surface area contributed by atoms with Crippen molar-refractivity contribution in [3.63, 3.8) is 0 Å². The number of hydrogen-bond donors (Lipinski definition) is 1. The Morgan fingerprint density at radius 3 is 2.87 bits per heavy atom. The van der Waals surface area contributed by atoms with Crippen LogP contribution in [0, 0.1) is 6.92 Å². The van der Waals surface area contributed by atoms with Gasteiger partial charge in [-0.3, -0.25) is 0 Å². The van der Waals surface area contributed by atoms with Gasteiger partial charge in [0.2, 0.25) is 0 Å². The average molecular weight is 222 g/mol. The van der Waals surface area contributed by atoms with Crippen LogP contribution in [0.4, 0.5) is 0 Å². The van der Waals surface area contributed by atoms with Crippen LogP contribution in [0.25, 0.3) is 0 Å². The molecule has 1 aliphatic rings. The number of aryl methyl sites for hydroxylation is 2. The fourth-order valence-corrected chi connectivity index (χ4v) is 3.38. The summed E-state index contributed by atoms with van der Waals surface area (Å²) in [5, 5.41) is 9.65. The maximum atomic E-state index is 9.65. The van der Waals surface area contributed by atoms with E-state index in [0.29, 0.717) is 10.5 Å². The molecule has 0 bridgehead atoms. The van der Waals surface area contributed by atoms with Crippen molar-refractivity contribution < 1.29 is 5.11 Å². The van der Waals surface area contributed by atoms with Crippen LogP contribution in [0.2, 0.25) is 0 Å². The summed E-state index contributed by atoms with van der Waals surface area (Å²) in [6.45, 7) is 6.56. The minimum absolute atomic E-state index is 0.385. The van der Waals surface area contributed by atoms with Gasteiger partial charge in [0.15, 0.2) is 0 Å². The Morgan fingerprint density at radius 2 is 2.20 bits per heavy atom. The van der Waals surface area contributed by atoms with Crippen molar-refractivity contribution in [2.45, 2.75) is 49.7 Å². The Kier molecular flexibility index (Phi) is 2.72. The van der Waals surface area contributed by atoms with Crippen LogP contribution >= 0.6 is 11.8 Å². The molecule has 1 N–H and O–H groups in total. The second-order valence-electron chi connectivity index (χ2n) is 4.65. The SMILES string of the molecule is CCC1(C)CCc2cc(O)c(C)cc2S1. The molecule has 1 aromatic carbocycles. The van der Waals surface area contributed by atoms with Gasteiger partial charge in [0, 0.05) is 9.64 Å². The second kappa shape index (κ2) is 3.75. The molecule has 15 heavy (non-hydrogen) atoms. The highest BCUT2D eigenvalue weighted by atomic mass is 32.2. The lowest BCUT2D eigenvalue weighted by Crippen LogP contribution is -2.23. The number of hydrogen-bond acceptors (Lipinski definition) is 2. The molecule has 0 spiro atoms. The van der Waals surface area contributed by atoms with Crippen molar-refractivity contribution in [3.8, 4) is 5.75 Å². The molecule has 1 atom stereocenters. The average Bonchev–Trinajstić information content (AvgIpc) is 2.21. The molecular weight excluding hydrogens is 204 g/mol. The summed E-state index contributed by atoms with van der Waals surface area (Å²) >= 11 is 1.97. The Balaban J connectivity index is 2.38. The van der Waals surface area contributed by atoms with Gasteiger partial charge in [-0.2, -0.15) is 0 Å². The largest absolute Gasteiger partial charge is 0.508 e. The number of aromatic hydroxyl groups is 1. The van der Waals surface area contributed by atoms with E-state index in [0.717, 1.165) is 12.0 Å². The number of phenols is 1. The van der Waals surface area contributed by atoms with Gasteiger partial charge < -0.3 is 5.11 Å². The molecule has 1 aliphatic heterocycles. The smallest absolute Gasteiger partial charge is 0.118 e. The van der Waals surface area contributed by atoms with Crippen LogP contribution in [-0.2, 0) is 6.42 Å². The van der Waals surface area contributed by atoms with Crippen LogP contribution in [0.5, 0.6) is 5.75 Å². The third-order valence-electron chi connectivity index (χ3n) is 3.41. The lowest BCUT2D eigenvalue weighted by molar-refractivity contribution is 0.468. The molecule has 1 unspecified atom stereocenters. The molecule has 0 radical (unpaired) electrons. The molecule has 2 heteroatoms. The molecule has 0 fully saturated rings. The molecule has 2 rings (SSSR count). The van der Waals surface area contributed by atoms with E-state index < -0.39 is 0 Å². The van der Waals surface area contributed by atoms with E-state index in [2.05, 4.69) is 19.9 Å². The van der Waals surface area contributed by atoms with Crippen molar-refractivity contribution in [2.75, 3.05) is 0 Å². The van der Waals surface area contributed by atoms with E-state index in [-0.39, 0.29) is 0 Å². The molecule has 82 valence electrons. The van der Waals surface area contributed by atoms with Gasteiger partial charge in [-0.15, -0.1) is 11.8 Å². The lowest BCUT2D eigenvalue weighted by Gasteiger charge is -2.33. The molecular formula is C13H18OS. The normalized spacial score (nSPS) is 25.0. The highest BCUT2D eigenvalue weighted by Crippen LogP contribution is 2.46. The maximum absolute atomic E-state index is 9.65. The van der Waals surface area contributed by atoms with Crippen molar-refractivity contribution in [2.24, 2.45) is 0 Å². The number of rotatable bonds is 1. The van der Waals surface area contributed by atoms with Crippen LogP contribution in [0.3, 0.4) is 0 Å². The number of fused-ring (bicyclic) bond motifs is 1. The quantitative estimate of drug-likeness (QED) is 0.777. The summed E-state index contributed by atoms with van der Waals surface area (Å²) in [7, 11) is 0. The zero-order valence-electron chi connectivity index (χ0n) is 9.63. The standard InChI is InChI=1S/C13H18OS/c1-4-13(3)6-5-10-8-11(14)9(2)7-12(10)15-13/h7-8,14H,4-6H2,1-3H3. The summed E-state index contributed by atoms with van der Waals surface area (Å²) in [5.41, 5.74) is 2.30. The van der Waals surface area contributed by atoms with Gasteiger partial charge in [0.25, 0.3) is 0 Å². The van der Waals surface area contributed by atoms with E-state index >= 15 is 0 Å². The third-order valence-corrected chi connectivity index (χ3v) is 4.99. The van der Waals surface area contributed by atoms with Crippen LogP contribution in [0.1, 0.15) is 37.8 Å². The number of phenolic OH excluding ortho intramolecular Hbond substituents is 1. The predicted octanol–water partition coefficient (Wildman–Crippen LogP) is 3.91. The Bertz CT molecular complexity index is 386. The monoisotopic (exact) mass is 222 g/mol. The van der Waals surface area contributed by atoms with Crippen molar-refractivity contribution in [1.29, 1.82) is 0 Å². The topological polar surface area (TPSA) is 20.2 Å². The van der Waals surface area contributed by atoms with Gasteiger partial charge in [-0.05, 0) is 49.4 Å². The number of thioether (sulfide) groups is 1. The highest BCUT2D eigenvalue weighted by molar-refractivity contribution is 8.00. The number of benzene rings is 1. The highest BCUT2D eigenvalue weighted by Gasteiger charge is 2.29. The van der Waals surface area contributed by atoms with E-state index in [9.17, 15) is 5.11 Å². The molecule has 0 amide bonds. The van der Waals surface area contributed by atoms with E-state index in [1.807, 2.05) is 24.8 Å². The van der Waals surface area contributed by atoms with Gasteiger partial charge in [0.05, 0.1) is 0 Å². The first-order valence-electron chi connectivity index (χ1n) is 5.55. The van der Waals surface area contributed by atoms with E-state index in [1.54, 1.807) is 0 Å². The second-order valence-corrected chi connectivity index (χ2v) is 6.28. The molecule has 0 aromatic heterocycles. The fourth-order valence-electron chi connectivity index (χ4n) is 1.97. The molecule has 0 aliphatic carbocycles. The summed E-state index contributed by atoms with van der Waals surface area (Å²) in [6.07, 6.45) is 3.52. The first kappa shape index (κ1) is 10.9. The maximum Gasteiger partial charge on any atom is 0.118 e. The minimum Gasteiger partial charge on any atom is -0.508 e. The van der Waals surface area contributed by atoms with Gasteiger partial charge in [-0.25, -0.2) is 0 Å². The Hall–Kier alpha value is -0.630. The van der Waals surface area contributed by atoms with Crippen LogP contribution in [0.15, 0.2) is 17.0 Å². The predicted molar refractivity (Wildman–Crippen MR) is 65.7 cm³/mol. The lowest BCUT2D eigenvalue weighted by atomic mass is 9.96. The fraction of sp³-hybridized carbons (Fsp3) is 0.538. The minimum atomic E-state index is 0.385. The first-order chi connectivity index (χ1) is 7.04. The first-order valence-corrected chi connectivity index (χ1v) is 6.37. The Morgan fingerprint density at radius 1 is 1.47 bits per heavy atom. The zero-order valence-corrected chi connectivity index (χ0v) is 10.4. The summed E-state index contributed by atoms with van der Waals surface area (Å²) < 4.78 is 0.385. The third kappa shape index (κ3) is 2.00. The Labute approximate surface area is 95.9 Å². The molecule has 0 saturated carbocycles. The molecule has 1 aromatic rings. The van der Waals surface area contributed by atoms with Crippen LogP contribution < -0.4 is 0 Å². The van der Waals surface area contributed by atoms with Gasteiger partial charge in [0.1, 0.15) is 5.75 Å². The molecule has 1 heterocycles. The molecule has 1 nitrogen and oxygen atoms in total. The van der Waals surface area contributed by atoms with E-state index in [1.165, 1.54) is 23.3 Å². The summed E-state index contributed by atoms with van der Waals surface area (Å²) in [4.78, 5) is 1.36. The zero-order chi connectivity index (χ0) is 11.1. The molecule has 0 saturated heterocycles. The van der Waals surface area contributed by atoms with Crippen molar-refractivity contribution in [1.82, 2.24) is 0 Å². The van der Waals surface area contributed by atoms with Gasteiger partial charge in [-0.1, -0.05) is 13.8 Å². The summed E-state index contributed by atoms with van der Waals surface area (Å²) in [6, 6.07) is 4.06. The summed E-state index contributed by atoms with van der Waals surface area (Å²) in [5.74, 6) is 0.439. The van der Waals surface area contributed by atoms with E-state index in [4.69, 9.17) is 0 Å².